The standard InChI is InChI=1S/C25H22FN3O2/c26-19-10-11-23-22(14-19)25(31)28(16-27-23)15-24(30)29-12-4-8-20(29)13-18-7-3-6-17-5-1-2-9-21(17)18/h1-3,5-7,9-11,14,16,20H,4,8,12-13,15H2/t20-/m1/s1. The number of likely N-dealkylation sites (tertiary alicyclic amines) is 1. The number of benzene rings is 3. The zero-order valence-corrected chi connectivity index (χ0v) is 17.0. The number of hydrogen-bond acceptors (Lipinski definition) is 3. The summed E-state index contributed by atoms with van der Waals surface area (Å²) in [5.41, 5.74) is 1.25. The molecule has 0 spiro atoms. The topological polar surface area (TPSA) is 55.2 Å². The second-order valence-corrected chi connectivity index (χ2v) is 8.06. The van der Waals surface area contributed by atoms with Crippen molar-refractivity contribution in [3.63, 3.8) is 0 Å². The molecule has 0 saturated carbocycles. The molecule has 2 heterocycles. The molecule has 31 heavy (non-hydrogen) atoms. The van der Waals surface area contributed by atoms with Gasteiger partial charge < -0.3 is 4.90 Å². The highest BCUT2D eigenvalue weighted by atomic mass is 19.1. The maximum absolute atomic E-state index is 13.6. The van der Waals surface area contributed by atoms with Crippen LogP contribution in [0.3, 0.4) is 0 Å². The highest BCUT2D eigenvalue weighted by molar-refractivity contribution is 5.86. The number of carbonyl (C=O) groups excluding carboxylic acids is 1. The van der Waals surface area contributed by atoms with Crippen LogP contribution in [-0.2, 0) is 17.8 Å². The lowest BCUT2D eigenvalue weighted by molar-refractivity contribution is -0.132. The van der Waals surface area contributed by atoms with Crippen LogP contribution < -0.4 is 5.56 Å². The van der Waals surface area contributed by atoms with Crippen LogP contribution in [-0.4, -0.2) is 32.9 Å². The van der Waals surface area contributed by atoms with Gasteiger partial charge >= 0.3 is 0 Å². The van der Waals surface area contributed by atoms with Gasteiger partial charge in [0, 0.05) is 12.6 Å². The third-order valence-corrected chi connectivity index (χ3v) is 6.12. The van der Waals surface area contributed by atoms with Gasteiger partial charge in [0.2, 0.25) is 5.91 Å². The van der Waals surface area contributed by atoms with Gasteiger partial charge in [-0.2, -0.15) is 0 Å². The van der Waals surface area contributed by atoms with E-state index in [0.29, 0.717) is 12.1 Å². The molecule has 1 saturated heterocycles. The number of aromatic nitrogens is 2. The summed E-state index contributed by atoms with van der Waals surface area (Å²) < 4.78 is 14.8. The molecule has 156 valence electrons. The minimum absolute atomic E-state index is 0.0929. The average molecular weight is 415 g/mol. The molecule has 1 aromatic heterocycles. The maximum atomic E-state index is 13.6. The smallest absolute Gasteiger partial charge is 0.261 e. The van der Waals surface area contributed by atoms with Crippen LogP contribution in [0.15, 0.2) is 71.8 Å². The summed E-state index contributed by atoms with van der Waals surface area (Å²) in [4.78, 5) is 31.9. The molecule has 5 rings (SSSR count). The maximum Gasteiger partial charge on any atom is 0.261 e. The molecule has 0 bridgehead atoms. The molecule has 1 fully saturated rings. The number of fused-ring (bicyclic) bond motifs is 2. The van der Waals surface area contributed by atoms with E-state index in [1.54, 1.807) is 0 Å². The number of carbonyl (C=O) groups is 1. The van der Waals surface area contributed by atoms with Crippen molar-refractivity contribution in [1.29, 1.82) is 0 Å². The van der Waals surface area contributed by atoms with Crippen molar-refractivity contribution >= 4 is 27.6 Å². The van der Waals surface area contributed by atoms with Crippen LogP contribution in [0.2, 0.25) is 0 Å². The van der Waals surface area contributed by atoms with Gasteiger partial charge in [0.1, 0.15) is 12.4 Å². The Morgan fingerprint density at radius 3 is 2.81 bits per heavy atom. The van der Waals surface area contributed by atoms with E-state index in [-0.39, 0.29) is 23.9 Å². The molecule has 1 atom stereocenters. The zero-order chi connectivity index (χ0) is 21.4. The van der Waals surface area contributed by atoms with Gasteiger partial charge in [0.25, 0.3) is 5.56 Å². The Hall–Kier alpha value is -3.54. The van der Waals surface area contributed by atoms with Crippen molar-refractivity contribution in [2.45, 2.75) is 31.8 Å². The molecule has 1 aliphatic heterocycles. The highest BCUT2D eigenvalue weighted by Crippen LogP contribution is 2.26. The second kappa shape index (κ2) is 7.95. The Kier molecular flexibility index (Phi) is 4.98. The molecule has 3 aromatic carbocycles. The molecule has 0 aliphatic carbocycles. The van der Waals surface area contributed by atoms with Crippen molar-refractivity contribution in [1.82, 2.24) is 14.5 Å². The first-order chi connectivity index (χ1) is 15.1. The third kappa shape index (κ3) is 3.69. The lowest BCUT2D eigenvalue weighted by atomic mass is 9.97. The average Bonchev–Trinajstić information content (AvgIpc) is 3.25. The molecule has 5 nitrogen and oxygen atoms in total. The monoisotopic (exact) mass is 415 g/mol. The lowest BCUT2D eigenvalue weighted by Crippen LogP contribution is -2.40. The van der Waals surface area contributed by atoms with E-state index in [9.17, 15) is 14.0 Å². The Morgan fingerprint density at radius 1 is 1.06 bits per heavy atom. The fourth-order valence-corrected chi connectivity index (χ4v) is 4.58. The minimum Gasteiger partial charge on any atom is -0.338 e. The summed E-state index contributed by atoms with van der Waals surface area (Å²) in [5.74, 6) is -0.604. The van der Waals surface area contributed by atoms with Gasteiger partial charge in [0.15, 0.2) is 0 Å². The molecule has 0 radical (unpaired) electrons. The number of rotatable bonds is 4. The first-order valence-electron chi connectivity index (χ1n) is 10.5. The Morgan fingerprint density at radius 2 is 1.90 bits per heavy atom. The normalized spacial score (nSPS) is 16.3. The number of halogens is 1. The fraction of sp³-hybridized carbons (Fsp3) is 0.240. The Labute approximate surface area is 178 Å². The zero-order valence-electron chi connectivity index (χ0n) is 17.0. The molecule has 1 aliphatic rings. The van der Waals surface area contributed by atoms with E-state index in [1.807, 2.05) is 17.0 Å². The molecular formula is C25H22FN3O2. The fourth-order valence-electron chi connectivity index (χ4n) is 4.58. The summed E-state index contributed by atoms with van der Waals surface area (Å²) >= 11 is 0. The van der Waals surface area contributed by atoms with Crippen LogP contribution in [0.4, 0.5) is 4.39 Å². The number of nitrogens with zero attached hydrogens (tertiary/aromatic N) is 3. The van der Waals surface area contributed by atoms with Gasteiger partial charge in [-0.15, -0.1) is 0 Å². The first kappa shape index (κ1) is 19.4. The summed E-state index contributed by atoms with van der Waals surface area (Å²) in [6, 6.07) is 18.6. The summed E-state index contributed by atoms with van der Waals surface area (Å²) in [6.07, 6.45) is 4.03. The molecule has 6 heteroatoms. The van der Waals surface area contributed by atoms with Crippen LogP contribution in [0.1, 0.15) is 18.4 Å². The molecule has 0 unspecified atom stereocenters. The largest absolute Gasteiger partial charge is 0.338 e. The van der Waals surface area contributed by atoms with Crippen LogP contribution in [0.5, 0.6) is 0 Å². The van der Waals surface area contributed by atoms with Gasteiger partial charge in [-0.3, -0.25) is 14.2 Å². The van der Waals surface area contributed by atoms with E-state index in [2.05, 4.69) is 35.3 Å². The lowest BCUT2D eigenvalue weighted by Gasteiger charge is -2.25. The van der Waals surface area contributed by atoms with Crippen molar-refractivity contribution in [3.05, 3.63) is 88.7 Å². The van der Waals surface area contributed by atoms with Crippen molar-refractivity contribution in [2.24, 2.45) is 0 Å². The van der Waals surface area contributed by atoms with Crippen molar-refractivity contribution < 1.29 is 9.18 Å². The third-order valence-electron chi connectivity index (χ3n) is 6.12. The van der Waals surface area contributed by atoms with Crippen LogP contribution in [0.25, 0.3) is 21.7 Å². The molecule has 4 aromatic rings. The molecular weight excluding hydrogens is 393 g/mol. The second-order valence-electron chi connectivity index (χ2n) is 8.06. The molecule has 1 amide bonds. The summed E-state index contributed by atoms with van der Waals surface area (Å²) in [7, 11) is 0. The van der Waals surface area contributed by atoms with Gasteiger partial charge in [0.05, 0.1) is 17.2 Å². The Balaban J connectivity index is 1.38. The Bertz CT molecular complexity index is 1340. The first-order valence-corrected chi connectivity index (χ1v) is 10.5. The van der Waals surface area contributed by atoms with Crippen LogP contribution in [0, 0.1) is 5.82 Å². The van der Waals surface area contributed by atoms with E-state index in [1.165, 1.54) is 45.4 Å². The quantitative estimate of drug-likeness (QED) is 0.508. The predicted molar refractivity (Wildman–Crippen MR) is 118 cm³/mol. The number of hydrogen-bond donors (Lipinski definition) is 0. The van der Waals surface area contributed by atoms with Crippen LogP contribution >= 0.6 is 0 Å². The van der Waals surface area contributed by atoms with Gasteiger partial charge in [-0.05, 0) is 53.8 Å². The van der Waals surface area contributed by atoms with Crippen molar-refractivity contribution in [2.75, 3.05) is 6.54 Å². The summed E-state index contributed by atoms with van der Waals surface area (Å²) in [5, 5.41) is 2.59. The summed E-state index contributed by atoms with van der Waals surface area (Å²) in [6.45, 7) is 0.586. The number of amides is 1. The van der Waals surface area contributed by atoms with E-state index in [4.69, 9.17) is 0 Å². The predicted octanol–water partition coefficient (Wildman–Crippen LogP) is 3.92. The van der Waals surface area contributed by atoms with E-state index < -0.39 is 11.4 Å². The highest BCUT2D eigenvalue weighted by Gasteiger charge is 2.29. The van der Waals surface area contributed by atoms with Gasteiger partial charge in [-0.1, -0.05) is 42.5 Å². The van der Waals surface area contributed by atoms with E-state index in [0.717, 1.165) is 19.3 Å². The van der Waals surface area contributed by atoms with Crippen molar-refractivity contribution in [3.8, 4) is 0 Å². The van der Waals surface area contributed by atoms with E-state index >= 15 is 0 Å². The minimum atomic E-state index is -0.495. The molecule has 0 N–H and O–H groups in total. The SMILES string of the molecule is O=C(Cn1cnc2ccc(F)cc2c1=O)N1CCC[C@@H]1Cc1cccc2ccccc12. The van der Waals surface area contributed by atoms with Gasteiger partial charge in [-0.25, -0.2) is 9.37 Å².